The number of carbonyl (C=O) groups excluding carboxylic acids is 1. The van der Waals surface area contributed by atoms with Gasteiger partial charge in [-0.1, -0.05) is 30.9 Å². The molecule has 0 aliphatic carbocycles. The summed E-state index contributed by atoms with van der Waals surface area (Å²) in [5, 5.41) is 0. The van der Waals surface area contributed by atoms with E-state index in [1.807, 2.05) is 12.2 Å². The zero-order valence-electron chi connectivity index (χ0n) is 8.63. The number of hydrogen-bond acceptors (Lipinski definition) is 2. The third-order valence-corrected chi connectivity index (χ3v) is 1.99. The van der Waals surface area contributed by atoms with Crippen molar-refractivity contribution in [2.75, 3.05) is 6.61 Å². The second kappa shape index (κ2) is 5.86. The van der Waals surface area contributed by atoms with Crippen LogP contribution in [0.1, 0.15) is 6.42 Å². The van der Waals surface area contributed by atoms with Gasteiger partial charge in [0.2, 0.25) is 0 Å². The molecule has 0 spiro atoms. The van der Waals surface area contributed by atoms with Crippen molar-refractivity contribution >= 4 is 6.09 Å². The second-order valence-corrected chi connectivity index (χ2v) is 3.09. The Bertz CT molecular complexity index is 305. The molecule has 0 bridgehead atoms. The van der Waals surface area contributed by atoms with Gasteiger partial charge in [0, 0.05) is 6.20 Å². The Kier molecular flexibility index (Phi) is 4.41. The minimum atomic E-state index is -0.359. The molecule has 15 heavy (non-hydrogen) atoms. The van der Waals surface area contributed by atoms with Crippen LogP contribution in [0.3, 0.4) is 0 Å². The van der Waals surface area contributed by atoms with Gasteiger partial charge in [-0.15, -0.1) is 6.58 Å². The van der Waals surface area contributed by atoms with Crippen LogP contribution in [0.4, 0.5) is 4.79 Å². The Morgan fingerprint density at radius 2 is 2.20 bits per heavy atom. The highest BCUT2D eigenvalue weighted by Crippen LogP contribution is 2.13. The fourth-order valence-electron chi connectivity index (χ4n) is 1.30. The summed E-state index contributed by atoms with van der Waals surface area (Å²) in [7, 11) is 0. The predicted octanol–water partition coefficient (Wildman–Crippen LogP) is 2.64. The van der Waals surface area contributed by atoms with Crippen molar-refractivity contribution in [1.82, 2.24) is 4.90 Å². The van der Waals surface area contributed by atoms with E-state index in [9.17, 15) is 4.79 Å². The van der Waals surface area contributed by atoms with Gasteiger partial charge in [-0.05, 0) is 12.5 Å². The first-order chi connectivity index (χ1) is 7.29. The van der Waals surface area contributed by atoms with Gasteiger partial charge in [-0.2, -0.15) is 0 Å². The van der Waals surface area contributed by atoms with Gasteiger partial charge in [0.05, 0.1) is 6.04 Å². The van der Waals surface area contributed by atoms with Crippen LogP contribution in [0.25, 0.3) is 0 Å². The maximum absolute atomic E-state index is 11.6. The molecule has 80 valence electrons. The van der Waals surface area contributed by atoms with Crippen LogP contribution in [-0.2, 0) is 4.74 Å². The summed E-state index contributed by atoms with van der Waals surface area (Å²) in [5.74, 6) is 0. The number of rotatable bonds is 4. The van der Waals surface area contributed by atoms with E-state index in [2.05, 4.69) is 13.2 Å². The molecule has 1 amide bonds. The molecule has 0 aromatic rings. The predicted molar refractivity (Wildman–Crippen MR) is 60.3 cm³/mol. The van der Waals surface area contributed by atoms with Gasteiger partial charge in [0.15, 0.2) is 0 Å². The smallest absolute Gasteiger partial charge is 0.414 e. The molecule has 0 aromatic heterocycles. The van der Waals surface area contributed by atoms with Crippen LogP contribution < -0.4 is 0 Å². The lowest BCUT2D eigenvalue weighted by molar-refractivity contribution is 0.120. The minimum absolute atomic E-state index is 0.00446. The highest BCUT2D eigenvalue weighted by Gasteiger charge is 2.20. The van der Waals surface area contributed by atoms with Gasteiger partial charge < -0.3 is 4.74 Å². The van der Waals surface area contributed by atoms with Crippen molar-refractivity contribution in [3.05, 3.63) is 49.7 Å². The monoisotopic (exact) mass is 205 g/mol. The summed E-state index contributed by atoms with van der Waals surface area (Å²) in [6.07, 6.45) is 11.0. The molecule has 0 radical (unpaired) electrons. The van der Waals surface area contributed by atoms with Crippen LogP contribution >= 0.6 is 0 Å². The Balaban J connectivity index is 2.60. The molecule has 1 aliphatic heterocycles. The summed E-state index contributed by atoms with van der Waals surface area (Å²) in [6.45, 7) is 7.38. The number of allylic oxidation sites excluding steroid dienone is 2. The van der Waals surface area contributed by atoms with Gasteiger partial charge in [-0.3, -0.25) is 4.90 Å². The van der Waals surface area contributed by atoms with Crippen LogP contribution in [-0.4, -0.2) is 23.6 Å². The lowest BCUT2D eigenvalue weighted by Crippen LogP contribution is -2.36. The van der Waals surface area contributed by atoms with E-state index in [0.717, 1.165) is 0 Å². The van der Waals surface area contributed by atoms with Gasteiger partial charge in [-0.25, -0.2) is 4.79 Å². The third-order valence-electron chi connectivity index (χ3n) is 1.99. The first kappa shape index (κ1) is 11.3. The summed E-state index contributed by atoms with van der Waals surface area (Å²) in [5.41, 5.74) is 0. The molecule has 0 fully saturated rings. The Hall–Kier alpha value is -1.77. The average molecular weight is 205 g/mol. The molecular formula is C12H15NO2. The second-order valence-electron chi connectivity index (χ2n) is 3.09. The molecule has 1 heterocycles. The van der Waals surface area contributed by atoms with Crippen LogP contribution in [0.2, 0.25) is 0 Å². The quantitative estimate of drug-likeness (QED) is 0.660. The molecule has 0 aromatic carbocycles. The average Bonchev–Trinajstić information content (AvgIpc) is 2.27. The van der Waals surface area contributed by atoms with Crippen LogP contribution in [0.15, 0.2) is 49.7 Å². The molecule has 3 heteroatoms. The van der Waals surface area contributed by atoms with Crippen molar-refractivity contribution in [2.45, 2.75) is 12.5 Å². The Morgan fingerprint density at radius 3 is 2.87 bits per heavy atom. The van der Waals surface area contributed by atoms with Gasteiger partial charge in [0.1, 0.15) is 6.61 Å². The standard InChI is InChI=1S/C12H15NO2/c1-3-7-11-8-5-6-9-13(11)12(14)15-10-4-2/h3-6,8-9,11H,1-2,7,10H2. The number of nitrogens with zero attached hydrogens (tertiary/aromatic N) is 1. The van der Waals surface area contributed by atoms with E-state index in [0.29, 0.717) is 6.42 Å². The summed E-state index contributed by atoms with van der Waals surface area (Å²) < 4.78 is 4.96. The SMILES string of the molecule is C=CCOC(=O)N1C=CC=CC1CC=C. The maximum Gasteiger partial charge on any atom is 0.414 e. The molecule has 1 atom stereocenters. The summed E-state index contributed by atoms with van der Waals surface area (Å²) >= 11 is 0. The molecule has 3 nitrogen and oxygen atoms in total. The Labute approximate surface area is 90.0 Å². The summed E-state index contributed by atoms with van der Waals surface area (Å²) in [6, 6.07) is 0.00446. The highest BCUT2D eigenvalue weighted by atomic mass is 16.6. The first-order valence-corrected chi connectivity index (χ1v) is 4.81. The van der Waals surface area contributed by atoms with E-state index in [4.69, 9.17) is 4.74 Å². The van der Waals surface area contributed by atoms with Crippen molar-refractivity contribution in [1.29, 1.82) is 0 Å². The lowest BCUT2D eigenvalue weighted by atomic mass is 10.1. The number of amides is 1. The maximum atomic E-state index is 11.6. The zero-order valence-corrected chi connectivity index (χ0v) is 8.63. The molecular weight excluding hydrogens is 190 g/mol. The molecule has 0 N–H and O–H groups in total. The minimum Gasteiger partial charge on any atom is -0.445 e. The normalized spacial score (nSPS) is 18.7. The molecule has 0 saturated heterocycles. The van der Waals surface area contributed by atoms with E-state index < -0.39 is 0 Å². The van der Waals surface area contributed by atoms with Crippen molar-refractivity contribution < 1.29 is 9.53 Å². The van der Waals surface area contributed by atoms with Crippen LogP contribution in [0, 0.1) is 0 Å². The van der Waals surface area contributed by atoms with E-state index in [1.54, 1.807) is 29.3 Å². The topological polar surface area (TPSA) is 29.5 Å². The van der Waals surface area contributed by atoms with E-state index >= 15 is 0 Å². The molecule has 1 rings (SSSR count). The lowest BCUT2D eigenvalue weighted by Gasteiger charge is -2.26. The van der Waals surface area contributed by atoms with Crippen molar-refractivity contribution in [2.24, 2.45) is 0 Å². The Morgan fingerprint density at radius 1 is 1.40 bits per heavy atom. The van der Waals surface area contributed by atoms with Crippen LogP contribution in [0.5, 0.6) is 0 Å². The van der Waals surface area contributed by atoms with Gasteiger partial charge in [0.25, 0.3) is 0 Å². The molecule has 1 aliphatic rings. The molecule has 0 saturated carbocycles. The number of ether oxygens (including phenoxy) is 1. The summed E-state index contributed by atoms with van der Waals surface area (Å²) in [4.78, 5) is 13.1. The van der Waals surface area contributed by atoms with E-state index in [-0.39, 0.29) is 18.7 Å². The van der Waals surface area contributed by atoms with E-state index in [1.165, 1.54) is 0 Å². The van der Waals surface area contributed by atoms with Gasteiger partial charge >= 0.3 is 6.09 Å². The zero-order chi connectivity index (χ0) is 11.1. The first-order valence-electron chi connectivity index (χ1n) is 4.81. The fraction of sp³-hybridized carbons (Fsp3) is 0.250. The molecule has 1 unspecified atom stereocenters. The highest BCUT2D eigenvalue weighted by molar-refractivity contribution is 5.70. The fourth-order valence-corrected chi connectivity index (χ4v) is 1.30. The number of hydrogen-bond donors (Lipinski definition) is 0. The largest absolute Gasteiger partial charge is 0.445 e. The third kappa shape index (κ3) is 3.13. The van der Waals surface area contributed by atoms with Crippen molar-refractivity contribution in [3.8, 4) is 0 Å². The number of carbonyl (C=O) groups is 1. The van der Waals surface area contributed by atoms with Crippen molar-refractivity contribution in [3.63, 3.8) is 0 Å².